The van der Waals surface area contributed by atoms with Crippen molar-refractivity contribution < 1.29 is 22.3 Å². The van der Waals surface area contributed by atoms with E-state index in [4.69, 9.17) is 0 Å². The third-order valence-electron chi connectivity index (χ3n) is 5.16. The molecule has 7 heteroatoms. The van der Waals surface area contributed by atoms with Crippen molar-refractivity contribution in [1.82, 2.24) is 10.2 Å². The predicted molar refractivity (Wildman–Crippen MR) is 86.8 cm³/mol. The van der Waals surface area contributed by atoms with Gasteiger partial charge in [0.15, 0.2) is 0 Å². The molecule has 0 aromatic heterocycles. The molecule has 1 saturated carbocycles. The zero-order chi connectivity index (χ0) is 17.9. The Morgan fingerprint density at radius 2 is 1.76 bits per heavy atom. The van der Waals surface area contributed by atoms with Crippen LogP contribution in [0.2, 0.25) is 0 Å². The minimum atomic E-state index is -4.77. The van der Waals surface area contributed by atoms with Crippen LogP contribution in [0.4, 0.5) is 17.6 Å². The smallest absolute Gasteiger partial charge is 0.406 e. The van der Waals surface area contributed by atoms with Crippen molar-refractivity contribution in [3.05, 3.63) is 29.6 Å². The van der Waals surface area contributed by atoms with Crippen LogP contribution in [0.15, 0.2) is 18.2 Å². The van der Waals surface area contributed by atoms with Gasteiger partial charge in [-0.25, -0.2) is 4.39 Å². The zero-order valence-electron chi connectivity index (χ0n) is 14.1. The highest BCUT2D eigenvalue weighted by Crippen LogP contribution is 2.40. The molecule has 0 radical (unpaired) electrons. The molecule has 2 aliphatic rings. The topological polar surface area (TPSA) is 24.5 Å². The maximum Gasteiger partial charge on any atom is 0.573 e. The van der Waals surface area contributed by atoms with Crippen LogP contribution in [0.25, 0.3) is 0 Å². The fraction of sp³-hybridized carbons (Fsp3) is 0.667. The van der Waals surface area contributed by atoms with Crippen molar-refractivity contribution in [2.45, 2.75) is 44.5 Å². The van der Waals surface area contributed by atoms with Crippen molar-refractivity contribution in [3.8, 4) is 5.75 Å². The van der Waals surface area contributed by atoms with Gasteiger partial charge in [0.2, 0.25) is 0 Å². The van der Waals surface area contributed by atoms with Crippen molar-refractivity contribution >= 4 is 0 Å². The minimum Gasteiger partial charge on any atom is -0.406 e. The lowest BCUT2D eigenvalue weighted by atomic mass is 9.80. The van der Waals surface area contributed by atoms with Gasteiger partial charge in [-0.1, -0.05) is 19.3 Å². The maximum absolute atomic E-state index is 14.6. The van der Waals surface area contributed by atoms with Gasteiger partial charge in [0.05, 0.1) is 0 Å². The van der Waals surface area contributed by atoms with Gasteiger partial charge in [-0.15, -0.1) is 13.2 Å². The molecule has 1 heterocycles. The summed E-state index contributed by atoms with van der Waals surface area (Å²) in [6.45, 7) is 3.16. The fourth-order valence-corrected chi connectivity index (χ4v) is 4.10. The van der Waals surface area contributed by atoms with Crippen LogP contribution in [0.1, 0.15) is 43.7 Å². The fourth-order valence-electron chi connectivity index (χ4n) is 4.10. The first-order valence-electron chi connectivity index (χ1n) is 8.94. The van der Waals surface area contributed by atoms with Gasteiger partial charge >= 0.3 is 6.36 Å². The van der Waals surface area contributed by atoms with E-state index in [1.54, 1.807) is 0 Å². The number of benzene rings is 1. The Morgan fingerprint density at radius 3 is 2.40 bits per heavy atom. The molecule has 2 fully saturated rings. The lowest BCUT2D eigenvalue weighted by Crippen LogP contribution is -2.47. The summed E-state index contributed by atoms with van der Waals surface area (Å²) in [6.07, 6.45) is 0.549. The highest BCUT2D eigenvalue weighted by Gasteiger charge is 2.35. The van der Waals surface area contributed by atoms with Crippen molar-refractivity contribution in [1.29, 1.82) is 0 Å². The van der Waals surface area contributed by atoms with Crippen LogP contribution in [0.5, 0.6) is 5.75 Å². The van der Waals surface area contributed by atoms with E-state index < -0.39 is 12.2 Å². The van der Waals surface area contributed by atoms with Gasteiger partial charge in [-0.2, -0.15) is 0 Å². The first-order valence-corrected chi connectivity index (χ1v) is 8.94. The summed E-state index contributed by atoms with van der Waals surface area (Å²) in [7, 11) is 0. The Balaban J connectivity index is 1.92. The van der Waals surface area contributed by atoms with Crippen molar-refractivity contribution in [2.75, 3.05) is 26.2 Å². The van der Waals surface area contributed by atoms with Gasteiger partial charge in [0, 0.05) is 37.8 Å². The number of halogens is 4. The number of hydrogen-bond acceptors (Lipinski definition) is 3. The molecule has 3 rings (SSSR count). The Kier molecular flexibility index (Phi) is 5.84. The third kappa shape index (κ3) is 4.85. The Morgan fingerprint density at radius 1 is 1.08 bits per heavy atom. The zero-order valence-corrected chi connectivity index (χ0v) is 14.1. The molecule has 0 spiro atoms. The van der Waals surface area contributed by atoms with Crippen molar-refractivity contribution in [3.63, 3.8) is 0 Å². The van der Waals surface area contributed by atoms with Gasteiger partial charge in [0.1, 0.15) is 11.6 Å². The quantitative estimate of drug-likeness (QED) is 0.813. The molecule has 3 nitrogen and oxygen atoms in total. The molecular weight excluding hydrogens is 336 g/mol. The second-order valence-corrected chi connectivity index (χ2v) is 6.86. The summed E-state index contributed by atoms with van der Waals surface area (Å²) < 4.78 is 56.3. The molecule has 1 saturated heterocycles. The third-order valence-corrected chi connectivity index (χ3v) is 5.16. The molecule has 1 aromatic carbocycles. The molecule has 1 aliphatic heterocycles. The molecule has 0 bridgehead atoms. The van der Waals surface area contributed by atoms with Gasteiger partial charge in [-0.3, -0.25) is 4.90 Å². The number of nitrogens with one attached hydrogen (secondary N) is 1. The predicted octanol–water partition coefficient (Wildman–Crippen LogP) is 4.25. The summed E-state index contributed by atoms with van der Waals surface area (Å²) in [5.41, 5.74) is 0.329. The van der Waals surface area contributed by atoms with E-state index in [-0.39, 0.29) is 17.7 Å². The molecule has 1 aromatic rings. The van der Waals surface area contributed by atoms with E-state index in [1.807, 2.05) is 0 Å². The lowest BCUT2D eigenvalue weighted by molar-refractivity contribution is -0.274. The summed E-state index contributed by atoms with van der Waals surface area (Å²) in [6, 6.07) is 3.18. The number of ether oxygens (including phenoxy) is 1. The van der Waals surface area contributed by atoms with E-state index in [9.17, 15) is 17.6 Å². The second-order valence-electron chi connectivity index (χ2n) is 6.86. The Labute approximate surface area is 145 Å². The molecule has 0 amide bonds. The molecule has 1 atom stereocenters. The first kappa shape index (κ1) is 18.5. The molecule has 25 heavy (non-hydrogen) atoms. The molecule has 1 aliphatic carbocycles. The van der Waals surface area contributed by atoms with Crippen molar-refractivity contribution in [2.24, 2.45) is 5.92 Å². The Hall–Kier alpha value is -1.34. The number of hydrogen-bond donors (Lipinski definition) is 1. The molecule has 0 unspecified atom stereocenters. The van der Waals surface area contributed by atoms with E-state index in [0.29, 0.717) is 5.56 Å². The Bertz CT molecular complexity index is 549. The maximum atomic E-state index is 14.6. The summed E-state index contributed by atoms with van der Waals surface area (Å²) in [4.78, 5) is 2.21. The number of rotatable bonds is 4. The van der Waals surface area contributed by atoms with Crippen LogP contribution < -0.4 is 10.1 Å². The standard InChI is InChI=1S/C18H24F4N2O/c19-16-7-6-14(25-18(20,21)22)12-15(16)17(13-4-2-1-3-5-13)24-10-8-23-9-11-24/h6-7,12-13,17,23H,1-5,8-11H2/t17-/m1/s1. The summed E-state index contributed by atoms with van der Waals surface area (Å²) in [5.74, 6) is -0.536. The summed E-state index contributed by atoms with van der Waals surface area (Å²) >= 11 is 0. The van der Waals surface area contributed by atoms with Crippen LogP contribution in [-0.2, 0) is 0 Å². The van der Waals surface area contributed by atoms with Crippen LogP contribution in [-0.4, -0.2) is 37.4 Å². The monoisotopic (exact) mass is 360 g/mol. The number of nitrogens with zero attached hydrogens (tertiary/aromatic N) is 1. The average molecular weight is 360 g/mol. The molecule has 1 N–H and O–H groups in total. The molecular formula is C18H24F4N2O. The number of alkyl halides is 3. The van der Waals surface area contributed by atoms with E-state index >= 15 is 0 Å². The SMILES string of the molecule is Fc1ccc(OC(F)(F)F)cc1[C@@H](C1CCCCC1)N1CCNCC1. The van der Waals surface area contributed by atoms with Crippen LogP contribution in [0.3, 0.4) is 0 Å². The van der Waals surface area contributed by atoms with Crippen LogP contribution >= 0.6 is 0 Å². The van der Waals surface area contributed by atoms with E-state index in [0.717, 1.165) is 64.0 Å². The van der Waals surface area contributed by atoms with E-state index in [2.05, 4.69) is 15.0 Å². The minimum absolute atomic E-state index is 0.195. The summed E-state index contributed by atoms with van der Waals surface area (Å²) in [5, 5.41) is 3.27. The highest BCUT2D eigenvalue weighted by atomic mass is 19.4. The largest absolute Gasteiger partial charge is 0.573 e. The second kappa shape index (κ2) is 7.91. The van der Waals surface area contributed by atoms with E-state index in [1.165, 1.54) is 12.5 Å². The highest BCUT2D eigenvalue weighted by molar-refractivity contribution is 5.33. The first-order chi connectivity index (χ1) is 11.9. The number of piperazine rings is 1. The van der Waals surface area contributed by atoms with Gasteiger partial charge in [0.25, 0.3) is 0 Å². The average Bonchev–Trinajstić information content (AvgIpc) is 2.59. The van der Waals surface area contributed by atoms with Gasteiger partial charge in [-0.05, 0) is 37.0 Å². The lowest BCUT2D eigenvalue weighted by Gasteiger charge is -2.41. The van der Waals surface area contributed by atoms with Gasteiger partial charge < -0.3 is 10.1 Å². The molecule has 140 valence electrons. The van der Waals surface area contributed by atoms with Crippen LogP contribution in [0, 0.1) is 11.7 Å². The normalized spacial score (nSPS) is 21.9.